The Morgan fingerprint density at radius 3 is 2.00 bits per heavy atom. The van der Waals surface area contributed by atoms with E-state index in [1.807, 2.05) is 6.92 Å². The molecule has 0 spiro atoms. The summed E-state index contributed by atoms with van der Waals surface area (Å²) >= 11 is 0. The van der Waals surface area contributed by atoms with Crippen molar-refractivity contribution in [1.29, 1.82) is 0 Å². The van der Waals surface area contributed by atoms with Crippen LogP contribution in [-0.2, 0) is 14.4 Å². The Kier molecular flexibility index (Phi) is 7.39. The lowest BCUT2D eigenvalue weighted by Gasteiger charge is -2.31. The van der Waals surface area contributed by atoms with Crippen molar-refractivity contribution in [2.45, 2.75) is 40.5 Å². The van der Waals surface area contributed by atoms with Gasteiger partial charge < -0.3 is 14.9 Å². The molecule has 0 radical (unpaired) electrons. The topological polar surface area (TPSA) is 77.9 Å². The van der Waals surface area contributed by atoms with E-state index in [1.165, 1.54) is 9.80 Å². The molecule has 0 aliphatic carbocycles. The fraction of sp³-hybridized carbons (Fsp3) is 0.800. The van der Waals surface area contributed by atoms with Crippen LogP contribution in [0, 0.1) is 11.3 Å². The van der Waals surface area contributed by atoms with Crippen molar-refractivity contribution < 1.29 is 19.5 Å². The van der Waals surface area contributed by atoms with Crippen molar-refractivity contribution in [1.82, 2.24) is 9.80 Å². The smallest absolute Gasteiger partial charge is 0.310 e. The fourth-order valence-corrected chi connectivity index (χ4v) is 1.82. The van der Waals surface area contributed by atoms with E-state index in [1.54, 1.807) is 34.9 Å². The molecule has 0 rings (SSSR count). The Balaban J connectivity index is 5.05. The number of hydrogen-bond donors (Lipinski definition) is 1. The van der Waals surface area contributed by atoms with Crippen LogP contribution in [0.3, 0.4) is 0 Å². The Hall–Kier alpha value is -1.59. The highest BCUT2D eigenvalue weighted by atomic mass is 16.4. The third kappa shape index (κ3) is 5.36. The summed E-state index contributed by atoms with van der Waals surface area (Å²) in [6, 6.07) is 0. The van der Waals surface area contributed by atoms with Gasteiger partial charge in [-0.25, -0.2) is 0 Å². The molecule has 2 amide bonds. The lowest BCUT2D eigenvalue weighted by Crippen LogP contribution is -2.44. The average molecular weight is 300 g/mol. The molecule has 0 heterocycles. The number of carboxylic acid groups (broad SMARTS) is 1. The maximum atomic E-state index is 12.4. The number of aliphatic carboxylic acids is 1. The molecule has 21 heavy (non-hydrogen) atoms. The van der Waals surface area contributed by atoms with E-state index in [9.17, 15) is 19.5 Å². The predicted octanol–water partition coefficient (Wildman–Crippen LogP) is 1.45. The predicted molar refractivity (Wildman–Crippen MR) is 80.8 cm³/mol. The van der Waals surface area contributed by atoms with Crippen LogP contribution in [-0.4, -0.2) is 59.9 Å². The van der Waals surface area contributed by atoms with Gasteiger partial charge >= 0.3 is 5.97 Å². The summed E-state index contributed by atoms with van der Waals surface area (Å²) in [7, 11) is 3.26. The quantitative estimate of drug-likeness (QED) is 0.736. The highest BCUT2D eigenvalue weighted by molar-refractivity contribution is 5.88. The highest BCUT2D eigenvalue weighted by Crippen LogP contribution is 2.32. The number of carboxylic acids is 1. The largest absolute Gasteiger partial charge is 0.481 e. The van der Waals surface area contributed by atoms with Crippen LogP contribution in [0.1, 0.15) is 40.5 Å². The van der Waals surface area contributed by atoms with E-state index in [-0.39, 0.29) is 30.7 Å². The van der Waals surface area contributed by atoms with Gasteiger partial charge in [-0.05, 0) is 19.3 Å². The van der Waals surface area contributed by atoms with Crippen LogP contribution in [0.25, 0.3) is 0 Å². The van der Waals surface area contributed by atoms with Crippen LogP contribution < -0.4 is 0 Å². The van der Waals surface area contributed by atoms with Gasteiger partial charge in [-0.2, -0.15) is 0 Å². The van der Waals surface area contributed by atoms with Crippen molar-refractivity contribution in [3.05, 3.63) is 0 Å². The molecule has 0 saturated heterocycles. The molecule has 1 N–H and O–H groups in total. The third-order valence-electron chi connectivity index (χ3n) is 3.95. The molecular weight excluding hydrogens is 272 g/mol. The van der Waals surface area contributed by atoms with Gasteiger partial charge in [0.25, 0.3) is 0 Å². The minimum absolute atomic E-state index is 0.00648. The van der Waals surface area contributed by atoms with Gasteiger partial charge in [-0.3, -0.25) is 14.4 Å². The van der Waals surface area contributed by atoms with Gasteiger partial charge in [0, 0.05) is 27.1 Å². The first-order chi connectivity index (χ1) is 9.56. The van der Waals surface area contributed by atoms with E-state index < -0.39 is 11.4 Å². The van der Waals surface area contributed by atoms with Crippen molar-refractivity contribution in [2.75, 3.05) is 27.2 Å². The Morgan fingerprint density at radius 1 is 1.14 bits per heavy atom. The molecule has 0 aliphatic rings. The molecule has 6 nitrogen and oxygen atoms in total. The summed E-state index contributed by atoms with van der Waals surface area (Å²) in [5, 5.41) is 9.39. The standard InChI is InChI=1S/C15H28N2O4/c1-7-8-17(10-13(19)16(5)6)12(18)9-15(4,11(2)3)14(20)21/h11H,7-10H2,1-6H3,(H,20,21). The maximum Gasteiger partial charge on any atom is 0.310 e. The van der Waals surface area contributed by atoms with Crippen molar-refractivity contribution in [3.8, 4) is 0 Å². The molecule has 0 aromatic carbocycles. The summed E-state index contributed by atoms with van der Waals surface area (Å²) in [6.07, 6.45) is 0.624. The average Bonchev–Trinajstić information content (AvgIpc) is 2.36. The summed E-state index contributed by atoms with van der Waals surface area (Å²) < 4.78 is 0. The second kappa shape index (κ2) is 8.00. The monoisotopic (exact) mass is 300 g/mol. The van der Waals surface area contributed by atoms with Crippen molar-refractivity contribution in [2.24, 2.45) is 11.3 Å². The maximum absolute atomic E-state index is 12.4. The molecule has 122 valence electrons. The van der Waals surface area contributed by atoms with Crippen LogP contribution in [0.5, 0.6) is 0 Å². The minimum atomic E-state index is -1.12. The van der Waals surface area contributed by atoms with Gasteiger partial charge in [0.2, 0.25) is 11.8 Å². The van der Waals surface area contributed by atoms with E-state index in [0.717, 1.165) is 6.42 Å². The molecule has 0 aromatic rings. The van der Waals surface area contributed by atoms with E-state index >= 15 is 0 Å². The lowest BCUT2D eigenvalue weighted by atomic mass is 9.76. The number of amides is 2. The normalized spacial score (nSPS) is 13.7. The number of nitrogens with zero attached hydrogens (tertiary/aromatic N) is 2. The molecule has 0 saturated carbocycles. The van der Waals surface area contributed by atoms with Gasteiger partial charge in [-0.1, -0.05) is 20.8 Å². The molecule has 0 fully saturated rings. The van der Waals surface area contributed by atoms with Crippen LogP contribution in [0.4, 0.5) is 0 Å². The Bertz CT molecular complexity index is 393. The number of carbonyl (C=O) groups is 3. The molecule has 1 atom stereocenters. The Morgan fingerprint density at radius 2 is 1.67 bits per heavy atom. The molecule has 1 unspecified atom stereocenters. The zero-order valence-corrected chi connectivity index (χ0v) is 14.0. The summed E-state index contributed by atoms with van der Waals surface area (Å²) in [5.74, 6) is -1.61. The molecule has 6 heteroatoms. The van der Waals surface area contributed by atoms with Crippen molar-refractivity contribution >= 4 is 17.8 Å². The van der Waals surface area contributed by atoms with Gasteiger partial charge in [0.15, 0.2) is 0 Å². The molecule has 0 aliphatic heterocycles. The zero-order chi connectivity index (χ0) is 16.8. The van der Waals surface area contributed by atoms with Crippen LogP contribution in [0.2, 0.25) is 0 Å². The van der Waals surface area contributed by atoms with Crippen LogP contribution >= 0.6 is 0 Å². The summed E-state index contributed by atoms with van der Waals surface area (Å²) in [5.41, 5.74) is -1.12. The molecular formula is C15H28N2O4. The van der Waals surface area contributed by atoms with Gasteiger partial charge in [-0.15, -0.1) is 0 Å². The summed E-state index contributed by atoms with van der Waals surface area (Å²) in [6.45, 7) is 7.52. The SMILES string of the molecule is CCCN(CC(=O)N(C)C)C(=O)CC(C)(C(=O)O)C(C)C. The van der Waals surface area contributed by atoms with Gasteiger partial charge in [0.1, 0.15) is 0 Å². The zero-order valence-electron chi connectivity index (χ0n) is 14.0. The summed E-state index contributed by atoms with van der Waals surface area (Å²) in [4.78, 5) is 38.5. The van der Waals surface area contributed by atoms with E-state index in [4.69, 9.17) is 0 Å². The number of rotatable bonds is 8. The molecule has 0 aromatic heterocycles. The number of hydrogen-bond acceptors (Lipinski definition) is 3. The van der Waals surface area contributed by atoms with Crippen LogP contribution in [0.15, 0.2) is 0 Å². The first-order valence-electron chi connectivity index (χ1n) is 7.27. The lowest BCUT2D eigenvalue weighted by molar-refractivity contribution is -0.156. The number of carbonyl (C=O) groups excluding carboxylic acids is 2. The van der Waals surface area contributed by atoms with Crippen molar-refractivity contribution in [3.63, 3.8) is 0 Å². The Labute approximate surface area is 127 Å². The van der Waals surface area contributed by atoms with Gasteiger partial charge in [0.05, 0.1) is 12.0 Å². The first kappa shape index (κ1) is 19.4. The second-order valence-electron chi connectivity index (χ2n) is 6.16. The first-order valence-corrected chi connectivity index (χ1v) is 7.27. The van der Waals surface area contributed by atoms with E-state index in [2.05, 4.69) is 0 Å². The third-order valence-corrected chi connectivity index (χ3v) is 3.95. The number of likely N-dealkylation sites (N-methyl/N-ethyl adjacent to an activating group) is 1. The molecule has 0 bridgehead atoms. The highest BCUT2D eigenvalue weighted by Gasteiger charge is 2.40. The second-order valence-corrected chi connectivity index (χ2v) is 6.16. The fourth-order valence-electron chi connectivity index (χ4n) is 1.82. The minimum Gasteiger partial charge on any atom is -0.481 e. The van der Waals surface area contributed by atoms with E-state index in [0.29, 0.717) is 6.54 Å².